The van der Waals surface area contributed by atoms with Crippen LogP contribution in [-0.4, -0.2) is 59.1 Å². The van der Waals surface area contributed by atoms with E-state index in [9.17, 15) is 24.6 Å². The normalized spacial score (nSPS) is 38.2. The third-order valence-corrected chi connectivity index (χ3v) is 15.4. The highest BCUT2D eigenvalue weighted by molar-refractivity contribution is 5.88. The molecule has 0 aromatic heterocycles. The fourth-order valence-electron chi connectivity index (χ4n) is 13.1. The topological polar surface area (TPSA) is 107 Å². The van der Waals surface area contributed by atoms with Crippen LogP contribution < -0.4 is 5.32 Å². The molecule has 264 valence electrons. The van der Waals surface area contributed by atoms with Crippen LogP contribution in [-0.2, 0) is 9.59 Å². The van der Waals surface area contributed by atoms with Crippen molar-refractivity contribution in [3.05, 3.63) is 41.5 Å². The van der Waals surface area contributed by atoms with Gasteiger partial charge in [0.25, 0.3) is 0 Å². The highest BCUT2D eigenvalue weighted by Gasteiger charge is 2.70. The molecule has 0 bridgehead atoms. The molecule has 0 radical (unpaired) electrons. The van der Waals surface area contributed by atoms with Gasteiger partial charge in [0, 0.05) is 13.1 Å². The zero-order valence-corrected chi connectivity index (χ0v) is 30.4. The third-order valence-electron chi connectivity index (χ3n) is 15.4. The summed E-state index contributed by atoms with van der Waals surface area (Å²) in [5.74, 6) is 0.682. The second kappa shape index (κ2) is 12.6. The number of aromatic carboxylic acids is 1. The van der Waals surface area contributed by atoms with Crippen molar-refractivity contribution >= 4 is 23.4 Å². The van der Waals surface area contributed by atoms with Crippen LogP contribution in [0.5, 0.6) is 0 Å². The molecule has 0 saturated heterocycles. The summed E-state index contributed by atoms with van der Waals surface area (Å²) in [6.07, 6.45) is 14.6. The van der Waals surface area contributed by atoms with Crippen LogP contribution in [0.15, 0.2) is 30.3 Å². The molecular formula is C41H60N2O5. The lowest BCUT2D eigenvalue weighted by atomic mass is 9.32. The van der Waals surface area contributed by atoms with Crippen molar-refractivity contribution < 1.29 is 24.6 Å². The molecule has 5 aliphatic carbocycles. The van der Waals surface area contributed by atoms with Gasteiger partial charge in [-0.15, -0.1) is 0 Å². The molecule has 1 amide bonds. The number of rotatable bonds is 10. The molecule has 1 aromatic carbocycles. The quantitative estimate of drug-likeness (QED) is 0.234. The zero-order chi connectivity index (χ0) is 34.7. The zero-order valence-electron chi connectivity index (χ0n) is 30.4. The number of hydrogen-bond acceptors (Lipinski definition) is 4. The number of nitrogens with one attached hydrogen (secondary N) is 1. The number of carbonyl (C=O) groups excluding carboxylic acids is 1. The highest BCUT2D eigenvalue weighted by Crippen LogP contribution is 2.77. The molecule has 48 heavy (non-hydrogen) atoms. The molecule has 4 saturated carbocycles. The minimum atomic E-state index is -0.883. The number of benzene rings is 1. The first kappa shape index (κ1) is 35.2. The van der Waals surface area contributed by atoms with Gasteiger partial charge < -0.3 is 15.5 Å². The number of allylic oxidation sites excluding steroid dienone is 2. The Morgan fingerprint density at radius 1 is 0.833 bits per heavy atom. The van der Waals surface area contributed by atoms with E-state index < -0.39 is 11.9 Å². The van der Waals surface area contributed by atoms with Gasteiger partial charge in [-0.2, -0.15) is 0 Å². The summed E-state index contributed by atoms with van der Waals surface area (Å²) in [6, 6.07) is 7.50. The smallest absolute Gasteiger partial charge is 0.335 e. The summed E-state index contributed by atoms with van der Waals surface area (Å²) < 4.78 is 0. The second-order valence-electron chi connectivity index (χ2n) is 17.7. The van der Waals surface area contributed by atoms with Gasteiger partial charge in [0.05, 0.1) is 17.5 Å². The van der Waals surface area contributed by atoms with Crippen molar-refractivity contribution in [1.29, 1.82) is 0 Å². The number of amides is 1. The van der Waals surface area contributed by atoms with Gasteiger partial charge in [0.1, 0.15) is 0 Å². The predicted molar refractivity (Wildman–Crippen MR) is 189 cm³/mol. The molecule has 0 unspecified atom stereocenters. The monoisotopic (exact) mass is 660 g/mol. The van der Waals surface area contributed by atoms with E-state index in [2.05, 4.69) is 52.9 Å². The van der Waals surface area contributed by atoms with Crippen LogP contribution in [0.1, 0.15) is 128 Å². The lowest BCUT2D eigenvalue weighted by molar-refractivity contribution is -0.222. The van der Waals surface area contributed by atoms with Crippen LogP contribution in [0, 0.1) is 50.7 Å². The molecule has 7 nitrogen and oxygen atoms in total. The molecule has 8 atom stereocenters. The number of carboxylic acid groups (broad SMARTS) is 2. The summed E-state index contributed by atoms with van der Waals surface area (Å²) >= 11 is 0. The van der Waals surface area contributed by atoms with Crippen LogP contribution >= 0.6 is 0 Å². The van der Waals surface area contributed by atoms with E-state index in [0.29, 0.717) is 42.3 Å². The minimum Gasteiger partial charge on any atom is -0.480 e. The van der Waals surface area contributed by atoms with Gasteiger partial charge in [-0.05, 0) is 139 Å². The lowest BCUT2D eigenvalue weighted by Crippen LogP contribution is -2.66. The number of carbonyl (C=O) groups is 3. The minimum absolute atomic E-state index is 0.0146. The van der Waals surface area contributed by atoms with Gasteiger partial charge in [-0.1, -0.05) is 66.2 Å². The highest BCUT2D eigenvalue weighted by atomic mass is 16.4. The van der Waals surface area contributed by atoms with Gasteiger partial charge in [0.15, 0.2) is 0 Å². The summed E-state index contributed by atoms with van der Waals surface area (Å²) in [6.45, 7) is 16.6. The number of hydrogen-bond donors (Lipinski definition) is 3. The van der Waals surface area contributed by atoms with E-state index in [-0.39, 0.29) is 39.5 Å². The van der Waals surface area contributed by atoms with Crippen molar-refractivity contribution in [2.75, 3.05) is 26.2 Å². The lowest BCUT2D eigenvalue weighted by Gasteiger charge is -2.72. The Bertz CT molecular complexity index is 1450. The average molecular weight is 661 g/mol. The number of carboxylic acids is 2. The molecule has 6 rings (SSSR count). The molecule has 7 heteroatoms. The largest absolute Gasteiger partial charge is 0.480 e. The molecule has 5 aliphatic rings. The Labute approximate surface area is 288 Å². The van der Waals surface area contributed by atoms with Gasteiger partial charge in [0.2, 0.25) is 5.91 Å². The first-order chi connectivity index (χ1) is 22.6. The average Bonchev–Trinajstić information content (AvgIpc) is 3.46. The van der Waals surface area contributed by atoms with Crippen molar-refractivity contribution in [3.63, 3.8) is 0 Å². The fraction of sp³-hybridized carbons (Fsp3) is 0.732. The predicted octanol–water partition coefficient (Wildman–Crippen LogP) is 8.15. The SMILES string of the molecule is CCCN(CCNC(=O)[C@]12CCC[C@@H]1[C@H]1CC[C@@H]3[C@@]4(C)CC=C(c5ccc(C(=O)O)cc5)C(C)(C)[C@@H]4CC[C@@]3(C)[C@]1(C)CC2)CC(=O)O. The standard InChI is InChI=1S/C41H60N2O5/c1-7-24-43(26-34(44)45)25-23-42-36(48)41-18-8-9-31(41)30-14-15-33-38(4)19-16-29(27-10-12-28(13-11-27)35(46)47)37(2,3)32(38)17-20-40(33,6)39(30,5)21-22-41/h10-13,16,30-33H,7-9,14-15,17-26H2,1-6H3,(H,42,48)(H,44,45)(H,46,47)/t30-,31-,32+,33-,38+,39-,40-,41+/m1/s1. The van der Waals surface area contributed by atoms with Crippen molar-refractivity contribution in [2.24, 2.45) is 50.7 Å². The Balaban J connectivity index is 1.22. The van der Waals surface area contributed by atoms with E-state index >= 15 is 0 Å². The van der Waals surface area contributed by atoms with Crippen LogP contribution in [0.25, 0.3) is 5.57 Å². The van der Waals surface area contributed by atoms with E-state index in [4.69, 9.17) is 0 Å². The van der Waals surface area contributed by atoms with E-state index in [1.807, 2.05) is 17.0 Å². The Kier molecular flexibility index (Phi) is 9.22. The second-order valence-corrected chi connectivity index (χ2v) is 17.7. The maximum Gasteiger partial charge on any atom is 0.335 e. The summed E-state index contributed by atoms with van der Waals surface area (Å²) in [7, 11) is 0. The van der Waals surface area contributed by atoms with Crippen LogP contribution in [0.4, 0.5) is 0 Å². The molecule has 3 N–H and O–H groups in total. The van der Waals surface area contributed by atoms with E-state index in [1.54, 1.807) is 12.1 Å². The first-order valence-electron chi connectivity index (χ1n) is 18.9. The summed E-state index contributed by atoms with van der Waals surface area (Å²) in [4.78, 5) is 38.9. The Morgan fingerprint density at radius 2 is 1.56 bits per heavy atom. The number of aliphatic carboxylic acids is 1. The summed E-state index contributed by atoms with van der Waals surface area (Å²) in [5.41, 5.74) is 3.16. The molecule has 1 aromatic rings. The van der Waals surface area contributed by atoms with Crippen molar-refractivity contribution in [2.45, 2.75) is 112 Å². The molecule has 4 fully saturated rings. The van der Waals surface area contributed by atoms with Crippen LogP contribution in [0.2, 0.25) is 0 Å². The maximum absolute atomic E-state index is 14.1. The van der Waals surface area contributed by atoms with E-state index in [0.717, 1.165) is 57.1 Å². The molecule has 0 aliphatic heterocycles. The Hall–Kier alpha value is -2.67. The number of fused-ring (bicyclic) bond motifs is 7. The molecule has 0 heterocycles. The molecule has 0 spiro atoms. The van der Waals surface area contributed by atoms with Gasteiger partial charge in [-0.25, -0.2) is 4.79 Å². The maximum atomic E-state index is 14.1. The summed E-state index contributed by atoms with van der Waals surface area (Å²) in [5, 5.41) is 22.1. The number of nitrogens with zero attached hydrogens (tertiary/aromatic N) is 1. The van der Waals surface area contributed by atoms with Crippen molar-refractivity contribution in [3.8, 4) is 0 Å². The Morgan fingerprint density at radius 3 is 2.23 bits per heavy atom. The van der Waals surface area contributed by atoms with Gasteiger partial charge in [-0.3, -0.25) is 14.5 Å². The third kappa shape index (κ3) is 5.36. The fourth-order valence-corrected chi connectivity index (χ4v) is 13.1. The van der Waals surface area contributed by atoms with Crippen LogP contribution in [0.3, 0.4) is 0 Å². The molecular weight excluding hydrogens is 600 g/mol. The van der Waals surface area contributed by atoms with Gasteiger partial charge >= 0.3 is 11.9 Å². The van der Waals surface area contributed by atoms with E-state index in [1.165, 1.54) is 31.3 Å². The first-order valence-corrected chi connectivity index (χ1v) is 18.9. The van der Waals surface area contributed by atoms with Crippen molar-refractivity contribution in [1.82, 2.24) is 10.2 Å².